The van der Waals surface area contributed by atoms with E-state index in [2.05, 4.69) is 43.0 Å². The summed E-state index contributed by atoms with van der Waals surface area (Å²) in [6.07, 6.45) is 5.58. The Hall–Kier alpha value is -1.98. The zero-order valence-electron chi connectivity index (χ0n) is 16.2. The maximum absolute atomic E-state index is 12.8. The van der Waals surface area contributed by atoms with E-state index >= 15 is 0 Å². The van der Waals surface area contributed by atoms with Crippen molar-refractivity contribution in [3.8, 4) is 0 Å². The molecule has 27 heavy (non-hydrogen) atoms. The molecule has 1 aliphatic rings. The molecule has 0 saturated heterocycles. The van der Waals surface area contributed by atoms with Crippen LogP contribution >= 0.6 is 11.3 Å². The van der Waals surface area contributed by atoms with Crippen LogP contribution in [0.5, 0.6) is 0 Å². The Morgan fingerprint density at radius 2 is 1.93 bits per heavy atom. The van der Waals surface area contributed by atoms with E-state index < -0.39 is 0 Å². The van der Waals surface area contributed by atoms with Crippen LogP contribution < -0.4 is 5.56 Å². The first kappa shape index (κ1) is 18.4. The summed E-state index contributed by atoms with van der Waals surface area (Å²) in [6, 6.07) is 10.4. The molecule has 0 N–H and O–H groups in total. The van der Waals surface area contributed by atoms with Crippen LogP contribution in [0.15, 0.2) is 35.1 Å². The minimum atomic E-state index is 0.0844. The van der Waals surface area contributed by atoms with Crippen LogP contribution in [0.2, 0.25) is 0 Å². The molecule has 2 aromatic heterocycles. The van der Waals surface area contributed by atoms with Crippen LogP contribution in [-0.2, 0) is 25.9 Å². The van der Waals surface area contributed by atoms with Gasteiger partial charge in [0.2, 0.25) is 0 Å². The molecule has 0 atom stereocenters. The van der Waals surface area contributed by atoms with Gasteiger partial charge in [-0.1, -0.05) is 36.8 Å². The average Bonchev–Trinajstić information content (AvgIpc) is 3.02. The lowest BCUT2D eigenvalue weighted by Gasteiger charge is -2.21. The lowest BCUT2D eigenvalue weighted by atomic mass is 10.0. The number of fused-ring (bicyclic) bond motifs is 3. The molecule has 2 heterocycles. The van der Waals surface area contributed by atoms with E-state index in [1.807, 2.05) is 4.40 Å². The largest absolute Gasteiger partial charge is 0.293 e. The minimum absolute atomic E-state index is 0.0844. The summed E-state index contributed by atoms with van der Waals surface area (Å²) in [5.74, 6) is 0. The molecular weight excluding hydrogens is 354 g/mol. The number of aryl methyl sites for hydroxylation is 3. The molecule has 0 amide bonds. The normalized spacial score (nSPS) is 14.0. The van der Waals surface area contributed by atoms with Crippen molar-refractivity contribution in [3.63, 3.8) is 0 Å². The third-order valence-electron chi connectivity index (χ3n) is 5.27. The highest BCUT2D eigenvalue weighted by atomic mass is 32.1. The molecule has 0 fully saturated rings. The fourth-order valence-electron chi connectivity index (χ4n) is 3.93. The van der Waals surface area contributed by atoms with Crippen molar-refractivity contribution in [2.45, 2.75) is 59.0 Å². The van der Waals surface area contributed by atoms with Gasteiger partial charge in [-0.05, 0) is 51.1 Å². The lowest BCUT2D eigenvalue weighted by molar-refractivity contribution is 0.254. The van der Waals surface area contributed by atoms with E-state index in [4.69, 9.17) is 4.98 Å². The molecule has 0 unspecified atom stereocenters. The molecule has 3 aromatic rings. The number of thiazole rings is 1. The van der Waals surface area contributed by atoms with E-state index in [0.717, 1.165) is 49.6 Å². The van der Waals surface area contributed by atoms with Gasteiger partial charge in [-0.25, -0.2) is 4.98 Å². The second-order valence-electron chi connectivity index (χ2n) is 7.58. The van der Waals surface area contributed by atoms with Gasteiger partial charge in [0.05, 0.1) is 5.69 Å². The second kappa shape index (κ2) is 7.95. The van der Waals surface area contributed by atoms with Crippen molar-refractivity contribution < 1.29 is 0 Å². The van der Waals surface area contributed by atoms with Gasteiger partial charge in [0, 0.05) is 29.7 Å². The topological polar surface area (TPSA) is 37.6 Å². The number of aromatic nitrogens is 2. The molecular formula is C22H27N3OS. The van der Waals surface area contributed by atoms with Crippen LogP contribution in [0, 0.1) is 6.92 Å². The van der Waals surface area contributed by atoms with Crippen LogP contribution in [0.1, 0.15) is 53.6 Å². The smallest absolute Gasteiger partial charge is 0.259 e. The van der Waals surface area contributed by atoms with Gasteiger partial charge < -0.3 is 0 Å². The maximum Gasteiger partial charge on any atom is 0.259 e. The Morgan fingerprint density at radius 3 is 2.70 bits per heavy atom. The zero-order valence-corrected chi connectivity index (χ0v) is 17.0. The van der Waals surface area contributed by atoms with E-state index in [1.54, 1.807) is 17.4 Å². The van der Waals surface area contributed by atoms with Gasteiger partial charge >= 0.3 is 0 Å². The van der Waals surface area contributed by atoms with Crippen molar-refractivity contribution in [2.24, 2.45) is 0 Å². The summed E-state index contributed by atoms with van der Waals surface area (Å²) in [5.41, 5.74) is 4.76. The highest BCUT2D eigenvalue weighted by Gasteiger charge is 2.19. The SMILES string of the molecule is CCCN(Cc1ccc(C)cc1)Cc1cc(=O)n2c3c(sc2n1)CCCC3. The summed E-state index contributed by atoms with van der Waals surface area (Å²) >= 11 is 1.71. The predicted octanol–water partition coefficient (Wildman–Crippen LogP) is 4.36. The predicted molar refractivity (Wildman–Crippen MR) is 112 cm³/mol. The lowest BCUT2D eigenvalue weighted by Crippen LogP contribution is -2.26. The minimum Gasteiger partial charge on any atom is -0.293 e. The fraction of sp³-hybridized carbons (Fsp3) is 0.455. The first-order chi connectivity index (χ1) is 13.1. The molecule has 1 aliphatic carbocycles. The Labute approximate surface area is 164 Å². The Bertz CT molecular complexity index is 987. The van der Waals surface area contributed by atoms with Gasteiger partial charge in [0.1, 0.15) is 0 Å². The molecule has 5 heteroatoms. The monoisotopic (exact) mass is 381 g/mol. The summed E-state index contributed by atoms with van der Waals surface area (Å²) in [4.78, 5) is 22.2. The Balaban J connectivity index is 1.60. The van der Waals surface area contributed by atoms with Gasteiger partial charge in [-0.15, -0.1) is 11.3 Å². The second-order valence-corrected chi connectivity index (χ2v) is 8.64. The maximum atomic E-state index is 12.8. The summed E-state index contributed by atoms with van der Waals surface area (Å²) in [5, 5.41) is 0. The Kier molecular flexibility index (Phi) is 5.41. The first-order valence-electron chi connectivity index (χ1n) is 9.95. The first-order valence-corrected chi connectivity index (χ1v) is 10.8. The average molecular weight is 382 g/mol. The van der Waals surface area contributed by atoms with E-state index in [0.29, 0.717) is 0 Å². The third kappa shape index (κ3) is 3.99. The molecule has 4 rings (SSSR count). The molecule has 0 radical (unpaired) electrons. The number of rotatable bonds is 6. The van der Waals surface area contributed by atoms with Crippen LogP contribution in [0.4, 0.5) is 0 Å². The van der Waals surface area contributed by atoms with Gasteiger partial charge in [-0.3, -0.25) is 14.1 Å². The quantitative estimate of drug-likeness (QED) is 0.637. The zero-order chi connectivity index (χ0) is 18.8. The van der Waals surface area contributed by atoms with E-state index in [-0.39, 0.29) is 5.56 Å². The molecule has 1 aromatic carbocycles. The van der Waals surface area contributed by atoms with Gasteiger partial charge in [-0.2, -0.15) is 0 Å². The molecule has 4 nitrogen and oxygen atoms in total. The number of hydrogen-bond acceptors (Lipinski definition) is 4. The van der Waals surface area contributed by atoms with Crippen molar-refractivity contribution in [1.82, 2.24) is 14.3 Å². The van der Waals surface area contributed by atoms with Gasteiger partial charge in [0.15, 0.2) is 4.96 Å². The molecule has 0 aliphatic heterocycles. The summed E-state index contributed by atoms with van der Waals surface area (Å²) in [7, 11) is 0. The fourth-order valence-corrected chi connectivity index (χ4v) is 5.17. The molecule has 0 saturated carbocycles. The highest BCUT2D eigenvalue weighted by Crippen LogP contribution is 2.28. The highest BCUT2D eigenvalue weighted by molar-refractivity contribution is 7.17. The number of nitrogens with zero attached hydrogens (tertiary/aromatic N) is 3. The van der Waals surface area contributed by atoms with Crippen molar-refractivity contribution in [3.05, 3.63) is 68.1 Å². The molecule has 142 valence electrons. The van der Waals surface area contributed by atoms with Crippen molar-refractivity contribution in [1.29, 1.82) is 0 Å². The van der Waals surface area contributed by atoms with Crippen LogP contribution in [0.3, 0.4) is 0 Å². The van der Waals surface area contributed by atoms with E-state index in [1.165, 1.54) is 34.5 Å². The third-order valence-corrected chi connectivity index (χ3v) is 6.41. The standard InChI is InChI=1S/C22H27N3OS/c1-3-12-24(14-17-10-8-16(2)9-11-17)15-18-13-21(26)25-19-6-4-5-7-20(19)27-22(25)23-18/h8-11,13H,3-7,12,14-15H2,1-2H3. The number of benzene rings is 1. The molecule has 0 spiro atoms. The summed E-state index contributed by atoms with van der Waals surface area (Å²) < 4.78 is 1.85. The van der Waals surface area contributed by atoms with Crippen LogP contribution in [-0.4, -0.2) is 20.8 Å². The van der Waals surface area contributed by atoms with Crippen molar-refractivity contribution >= 4 is 16.3 Å². The molecule has 0 bridgehead atoms. The van der Waals surface area contributed by atoms with Gasteiger partial charge in [0.25, 0.3) is 5.56 Å². The summed E-state index contributed by atoms with van der Waals surface area (Å²) in [6.45, 7) is 6.91. The number of hydrogen-bond donors (Lipinski definition) is 0. The van der Waals surface area contributed by atoms with E-state index in [9.17, 15) is 4.79 Å². The van der Waals surface area contributed by atoms with Crippen LogP contribution in [0.25, 0.3) is 4.96 Å². The van der Waals surface area contributed by atoms with Crippen molar-refractivity contribution in [2.75, 3.05) is 6.54 Å². The Morgan fingerprint density at radius 1 is 1.15 bits per heavy atom.